The lowest BCUT2D eigenvalue weighted by molar-refractivity contribution is -0.208. The van der Waals surface area contributed by atoms with Gasteiger partial charge in [0.05, 0.1) is 18.6 Å². The third kappa shape index (κ3) is 6.53. The average molecular weight is 499 g/mol. The molecule has 9 nitrogen and oxygen atoms in total. The Hall–Kier alpha value is -1.17. The van der Waals surface area contributed by atoms with Gasteiger partial charge in [-0.1, -0.05) is 40.0 Å². The lowest BCUT2D eigenvalue weighted by Crippen LogP contribution is -2.64. The van der Waals surface area contributed by atoms with Crippen molar-refractivity contribution in [2.24, 2.45) is 11.8 Å². The van der Waals surface area contributed by atoms with E-state index in [2.05, 4.69) is 27.1 Å². The Labute approximate surface area is 207 Å². The van der Waals surface area contributed by atoms with Crippen LogP contribution in [0, 0.1) is 11.8 Å². The number of likely N-dealkylation sites (tertiary alicyclic amines) is 1. The van der Waals surface area contributed by atoms with E-state index in [1.54, 1.807) is 18.6 Å². The number of aliphatic hydroxyl groups excluding tert-OH is 3. The van der Waals surface area contributed by atoms with E-state index >= 15 is 0 Å². The van der Waals surface area contributed by atoms with Crippen molar-refractivity contribution >= 4 is 17.7 Å². The van der Waals surface area contributed by atoms with Crippen LogP contribution < -0.4 is 5.32 Å². The van der Waals surface area contributed by atoms with Gasteiger partial charge in [-0.25, -0.2) is 4.98 Å². The quantitative estimate of drug-likeness (QED) is 0.290. The molecule has 194 valence electrons. The summed E-state index contributed by atoms with van der Waals surface area (Å²) in [6, 6.07) is -0.811. The highest BCUT2D eigenvalue weighted by Gasteiger charge is 2.48. The molecule has 2 saturated heterocycles. The molecule has 0 unspecified atom stereocenters. The number of nitrogens with zero attached hydrogens (tertiary/aromatic N) is 2. The zero-order valence-electron chi connectivity index (χ0n) is 20.8. The van der Waals surface area contributed by atoms with Crippen LogP contribution in [0.4, 0.5) is 0 Å². The molecule has 8 atom stereocenters. The van der Waals surface area contributed by atoms with Crippen molar-refractivity contribution in [3.8, 4) is 0 Å². The Morgan fingerprint density at radius 3 is 2.68 bits per heavy atom. The molecule has 0 aromatic carbocycles. The molecule has 2 aliphatic rings. The fourth-order valence-electron chi connectivity index (χ4n) is 5.17. The average Bonchev–Trinajstić information content (AvgIpc) is 3.47. The van der Waals surface area contributed by atoms with Crippen LogP contribution in [0.25, 0.3) is 0 Å². The van der Waals surface area contributed by atoms with Crippen molar-refractivity contribution < 1.29 is 24.9 Å². The van der Waals surface area contributed by atoms with Crippen molar-refractivity contribution in [1.29, 1.82) is 0 Å². The minimum absolute atomic E-state index is 0.0474. The van der Waals surface area contributed by atoms with Crippen molar-refractivity contribution in [3.05, 3.63) is 18.2 Å². The van der Waals surface area contributed by atoms with E-state index < -0.39 is 35.9 Å². The van der Waals surface area contributed by atoms with Crippen LogP contribution in [0.1, 0.15) is 58.7 Å². The molecular formula is C24H42N4O5S. The Morgan fingerprint density at radius 2 is 2.06 bits per heavy atom. The Kier molecular flexibility index (Phi) is 10.2. The first-order chi connectivity index (χ1) is 16.3. The molecule has 2 fully saturated rings. The number of amides is 1. The normalized spacial score (nSPS) is 33.4. The molecule has 0 spiro atoms. The summed E-state index contributed by atoms with van der Waals surface area (Å²) in [4.78, 5) is 23.2. The maximum atomic E-state index is 13.6. The molecule has 10 heteroatoms. The van der Waals surface area contributed by atoms with E-state index in [-0.39, 0.29) is 17.9 Å². The third-order valence-corrected chi connectivity index (χ3v) is 7.99. The topological polar surface area (TPSA) is 131 Å². The molecular weight excluding hydrogens is 456 g/mol. The summed E-state index contributed by atoms with van der Waals surface area (Å²) in [5, 5.41) is 34.4. The zero-order valence-corrected chi connectivity index (χ0v) is 21.6. The number of unbranched alkanes of at least 4 members (excludes halogenated alkanes) is 2. The van der Waals surface area contributed by atoms with Crippen molar-refractivity contribution in [2.45, 2.75) is 101 Å². The van der Waals surface area contributed by atoms with Crippen LogP contribution in [0.2, 0.25) is 0 Å². The van der Waals surface area contributed by atoms with Gasteiger partial charge in [0.2, 0.25) is 5.91 Å². The third-order valence-electron chi connectivity index (χ3n) is 7.14. The highest BCUT2D eigenvalue weighted by molar-refractivity contribution is 7.99. The number of H-pyrrole nitrogens is 1. The van der Waals surface area contributed by atoms with Gasteiger partial charge in [-0.15, -0.1) is 11.8 Å². The molecule has 1 aromatic heterocycles. The molecule has 1 amide bonds. The summed E-state index contributed by atoms with van der Waals surface area (Å²) in [5.74, 6) is 1.14. The fraction of sp³-hybridized carbons (Fsp3) is 0.833. The number of hydrogen-bond acceptors (Lipinski definition) is 8. The number of carbonyl (C=O) groups is 1. The summed E-state index contributed by atoms with van der Waals surface area (Å²) in [5.41, 5.74) is -0.675. The van der Waals surface area contributed by atoms with E-state index in [0.717, 1.165) is 31.6 Å². The largest absolute Gasteiger partial charge is 0.388 e. The highest BCUT2D eigenvalue weighted by atomic mass is 32.2. The minimum Gasteiger partial charge on any atom is -0.388 e. The number of ether oxygens (including phenoxy) is 1. The van der Waals surface area contributed by atoms with E-state index in [1.165, 1.54) is 24.6 Å². The molecule has 1 aromatic rings. The molecule has 2 aliphatic heterocycles. The van der Waals surface area contributed by atoms with Crippen LogP contribution in [-0.2, 0) is 16.1 Å². The molecule has 0 bridgehead atoms. The second kappa shape index (κ2) is 12.7. The van der Waals surface area contributed by atoms with Gasteiger partial charge in [0, 0.05) is 18.9 Å². The van der Waals surface area contributed by atoms with Gasteiger partial charge in [0.15, 0.2) is 0 Å². The summed E-state index contributed by atoms with van der Waals surface area (Å²) in [6.45, 7) is 7.52. The second-order valence-electron chi connectivity index (χ2n) is 10.0. The molecule has 3 rings (SSSR count). The van der Waals surface area contributed by atoms with E-state index in [0.29, 0.717) is 12.5 Å². The number of imidazole rings is 1. The predicted molar refractivity (Wildman–Crippen MR) is 132 cm³/mol. The van der Waals surface area contributed by atoms with Gasteiger partial charge in [0.1, 0.15) is 35.7 Å². The fourth-order valence-corrected chi connectivity index (χ4v) is 5.85. The molecule has 0 aliphatic carbocycles. The van der Waals surface area contributed by atoms with E-state index in [9.17, 15) is 20.1 Å². The second-order valence-corrected chi connectivity index (χ2v) is 11.0. The Bertz CT molecular complexity index is 750. The summed E-state index contributed by atoms with van der Waals surface area (Å²) in [6.07, 6.45) is 6.07. The Morgan fingerprint density at radius 1 is 1.29 bits per heavy atom. The van der Waals surface area contributed by atoms with Gasteiger partial charge < -0.3 is 30.4 Å². The molecule has 0 saturated carbocycles. The van der Waals surface area contributed by atoms with Gasteiger partial charge >= 0.3 is 0 Å². The number of hydrogen-bond donors (Lipinski definition) is 5. The number of aromatic amines is 1. The summed E-state index contributed by atoms with van der Waals surface area (Å²) >= 11 is 1.27. The van der Waals surface area contributed by atoms with Gasteiger partial charge in [-0.2, -0.15) is 0 Å². The maximum Gasteiger partial charge on any atom is 0.237 e. The number of aromatic nitrogens is 2. The lowest BCUT2D eigenvalue weighted by atomic mass is 9.88. The molecule has 5 N–H and O–H groups in total. The molecule has 0 radical (unpaired) electrons. The predicted octanol–water partition coefficient (Wildman–Crippen LogP) is 1.49. The van der Waals surface area contributed by atoms with Crippen molar-refractivity contribution in [1.82, 2.24) is 20.2 Å². The summed E-state index contributed by atoms with van der Waals surface area (Å²) < 4.78 is 5.98. The van der Waals surface area contributed by atoms with Crippen LogP contribution >= 0.6 is 11.8 Å². The van der Waals surface area contributed by atoms with Crippen molar-refractivity contribution in [2.75, 3.05) is 12.8 Å². The number of rotatable bonds is 11. The first-order valence-electron chi connectivity index (χ1n) is 12.5. The van der Waals surface area contributed by atoms with Gasteiger partial charge in [-0.05, 0) is 30.9 Å². The van der Waals surface area contributed by atoms with E-state index in [1.807, 2.05) is 13.8 Å². The zero-order chi connectivity index (χ0) is 24.8. The lowest BCUT2D eigenvalue weighted by Gasteiger charge is -2.44. The van der Waals surface area contributed by atoms with E-state index in [4.69, 9.17) is 4.74 Å². The minimum atomic E-state index is -1.33. The number of carbonyl (C=O) groups excluding carboxylic acids is 1. The standard InChI is InChI=1S/C24H42N4O5S/c1-5-6-7-8-15-11-16(28(12-15)13-17-25-9-10-26-17)23(32)27-18(14(2)3)22-20(30)19(29)21(31)24(33-22)34-4/h9-10,14-16,18-22,24,29-31H,5-8,11-13H2,1-4H3,(H,25,26)(H,27,32)/t15-,16+,18-,19+,20-,21-,22-,24-/m1/s1. The van der Waals surface area contributed by atoms with Crippen molar-refractivity contribution in [3.63, 3.8) is 0 Å². The Balaban J connectivity index is 1.73. The smallest absolute Gasteiger partial charge is 0.237 e. The van der Waals surface area contributed by atoms with Crippen LogP contribution in [0.3, 0.4) is 0 Å². The molecule has 3 heterocycles. The van der Waals surface area contributed by atoms with Gasteiger partial charge in [-0.3, -0.25) is 9.69 Å². The van der Waals surface area contributed by atoms with Crippen LogP contribution in [0.15, 0.2) is 12.4 Å². The molecule has 34 heavy (non-hydrogen) atoms. The number of thioether (sulfide) groups is 1. The number of nitrogens with one attached hydrogen (secondary N) is 2. The SMILES string of the molecule is CCCCC[C@@H]1C[C@@H](C(=O)N[C@H](C(C)C)[C@H]2O[C@H](SC)[C@H](O)[C@@H](O)[C@H]2O)N(Cc2ncc[nH]2)C1. The highest BCUT2D eigenvalue weighted by Crippen LogP contribution is 2.32. The van der Waals surface area contributed by atoms with Crippen LogP contribution in [0.5, 0.6) is 0 Å². The monoisotopic (exact) mass is 498 g/mol. The maximum absolute atomic E-state index is 13.6. The van der Waals surface area contributed by atoms with Gasteiger partial charge in [0.25, 0.3) is 0 Å². The van der Waals surface area contributed by atoms with Crippen LogP contribution in [-0.4, -0.2) is 90.8 Å². The summed E-state index contributed by atoms with van der Waals surface area (Å²) in [7, 11) is 0. The number of aliphatic hydroxyl groups is 3. The first-order valence-corrected chi connectivity index (χ1v) is 13.8. The first kappa shape index (κ1) is 27.4.